The summed E-state index contributed by atoms with van der Waals surface area (Å²) in [5, 5.41) is 17.2. The van der Waals surface area contributed by atoms with Crippen molar-refractivity contribution >= 4 is 17.6 Å². The third-order valence-corrected chi connectivity index (χ3v) is 3.45. The van der Waals surface area contributed by atoms with E-state index in [0.29, 0.717) is 17.8 Å². The molecule has 17 heavy (non-hydrogen) atoms. The molecule has 0 amide bonds. The van der Waals surface area contributed by atoms with E-state index in [9.17, 15) is 5.11 Å². The maximum Gasteiger partial charge on any atom is 0.318 e. The summed E-state index contributed by atoms with van der Waals surface area (Å²) in [6.45, 7) is 5.33. The fourth-order valence-electron chi connectivity index (χ4n) is 2.09. The van der Waals surface area contributed by atoms with Crippen LogP contribution in [-0.2, 0) is 0 Å². The lowest BCUT2D eigenvalue weighted by molar-refractivity contribution is 0.109. The summed E-state index contributed by atoms with van der Waals surface area (Å²) in [7, 11) is 0. The molecule has 0 saturated carbocycles. The molecule has 6 heteroatoms. The normalized spacial score (nSPS) is 21.5. The summed E-state index contributed by atoms with van der Waals surface area (Å²) in [5.41, 5.74) is 0. The standard InChI is InChI=1S/C11H18ClN3O2/c1-7(12)10-13-14-11(17-10)15-5-3-9(4-6-15)8(2)16/h7-9,16H,3-6H2,1-2H3. The van der Waals surface area contributed by atoms with Crippen LogP contribution in [0.2, 0.25) is 0 Å². The van der Waals surface area contributed by atoms with E-state index >= 15 is 0 Å². The zero-order chi connectivity index (χ0) is 12.4. The van der Waals surface area contributed by atoms with Crippen LogP contribution in [0.25, 0.3) is 0 Å². The molecule has 1 aromatic heterocycles. The van der Waals surface area contributed by atoms with E-state index < -0.39 is 0 Å². The van der Waals surface area contributed by atoms with Gasteiger partial charge < -0.3 is 14.4 Å². The zero-order valence-electron chi connectivity index (χ0n) is 10.1. The van der Waals surface area contributed by atoms with Crippen LogP contribution < -0.4 is 4.90 Å². The van der Waals surface area contributed by atoms with Gasteiger partial charge in [0, 0.05) is 13.1 Å². The number of aliphatic hydroxyl groups is 1. The molecule has 2 unspecified atom stereocenters. The first-order chi connectivity index (χ1) is 8.08. The Hall–Kier alpha value is -0.810. The van der Waals surface area contributed by atoms with Gasteiger partial charge in [0.2, 0.25) is 5.89 Å². The van der Waals surface area contributed by atoms with Gasteiger partial charge in [0.1, 0.15) is 5.38 Å². The molecule has 96 valence electrons. The molecule has 1 saturated heterocycles. The molecular weight excluding hydrogens is 242 g/mol. The number of nitrogens with zero attached hydrogens (tertiary/aromatic N) is 3. The minimum absolute atomic E-state index is 0.238. The Morgan fingerprint density at radius 1 is 1.35 bits per heavy atom. The van der Waals surface area contributed by atoms with Crippen LogP contribution in [-0.4, -0.2) is 34.5 Å². The molecule has 1 N–H and O–H groups in total. The van der Waals surface area contributed by atoms with Crippen LogP contribution in [0.5, 0.6) is 0 Å². The first kappa shape index (κ1) is 12.6. The van der Waals surface area contributed by atoms with Gasteiger partial charge in [0.15, 0.2) is 0 Å². The van der Waals surface area contributed by atoms with E-state index in [0.717, 1.165) is 25.9 Å². The van der Waals surface area contributed by atoms with Crippen LogP contribution in [0, 0.1) is 5.92 Å². The van der Waals surface area contributed by atoms with Gasteiger partial charge in [-0.25, -0.2) is 0 Å². The van der Waals surface area contributed by atoms with E-state index in [1.807, 2.05) is 6.92 Å². The third-order valence-electron chi connectivity index (χ3n) is 3.26. The molecule has 1 aromatic rings. The highest BCUT2D eigenvalue weighted by Gasteiger charge is 2.25. The van der Waals surface area contributed by atoms with Crippen molar-refractivity contribution in [3.05, 3.63) is 5.89 Å². The second-order valence-electron chi connectivity index (χ2n) is 4.60. The number of halogens is 1. The SMILES string of the molecule is CC(Cl)c1nnc(N2CCC(C(C)O)CC2)o1. The van der Waals surface area contributed by atoms with Gasteiger partial charge in [-0.1, -0.05) is 5.10 Å². The molecule has 0 aromatic carbocycles. The molecule has 1 aliphatic heterocycles. The highest BCUT2D eigenvalue weighted by Crippen LogP contribution is 2.26. The minimum atomic E-state index is -0.258. The first-order valence-electron chi connectivity index (χ1n) is 5.98. The predicted octanol–water partition coefficient (Wildman–Crippen LogP) is 1.97. The Morgan fingerprint density at radius 3 is 2.47 bits per heavy atom. The smallest absolute Gasteiger partial charge is 0.318 e. The first-order valence-corrected chi connectivity index (χ1v) is 6.42. The zero-order valence-corrected chi connectivity index (χ0v) is 10.9. The summed E-state index contributed by atoms with van der Waals surface area (Å²) in [5.74, 6) is 0.833. The van der Waals surface area contributed by atoms with Gasteiger partial charge in [-0.2, -0.15) is 0 Å². The molecule has 5 nitrogen and oxygen atoms in total. The number of hydrogen-bond acceptors (Lipinski definition) is 5. The Labute approximate surface area is 106 Å². The number of hydrogen-bond donors (Lipinski definition) is 1. The summed E-state index contributed by atoms with van der Waals surface area (Å²) in [6.07, 6.45) is 1.66. The molecule has 0 spiro atoms. The maximum atomic E-state index is 9.52. The van der Waals surface area contributed by atoms with E-state index in [1.54, 1.807) is 6.92 Å². The molecular formula is C11H18ClN3O2. The number of rotatable bonds is 3. The van der Waals surface area contributed by atoms with Crippen molar-refractivity contribution in [1.82, 2.24) is 10.2 Å². The average molecular weight is 260 g/mol. The lowest BCUT2D eigenvalue weighted by atomic mass is 9.92. The molecule has 0 aliphatic carbocycles. The van der Waals surface area contributed by atoms with Crippen LogP contribution >= 0.6 is 11.6 Å². The molecule has 2 rings (SSSR count). The summed E-state index contributed by atoms with van der Waals surface area (Å²) in [6, 6.07) is 0.538. The molecule has 0 radical (unpaired) electrons. The number of anilines is 1. The van der Waals surface area contributed by atoms with Crippen molar-refractivity contribution in [3.63, 3.8) is 0 Å². The lowest BCUT2D eigenvalue weighted by Crippen LogP contribution is -2.37. The highest BCUT2D eigenvalue weighted by atomic mass is 35.5. The third kappa shape index (κ3) is 2.90. The molecule has 2 heterocycles. The van der Waals surface area contributed by atoms with Crippen LogP contribution in [0.15, 0.2) is 4.42 Å². The quantitative estimate of drug-likeness (QED) is 0.841. The topological polar surface area (TPSA) is 62.4 Å². The Kier molecular flexibility index (Phi) is 3.89. The van der Waals surface area contributed by atoms with Crippen molar-refractivity contribution in [2.45, 2.75) is 38.2 Å². The summed E-state index contributed by atoms with van der Waals surface area (Å²) >= 11 is 5.87. The van der Waals surface area contributed by atoms with E-state index in [2.05, 4.69) is 15.1 Å². The lowest BCUT2D eigenvalue weighted by Gasteiger charge is -2.31. The largest absolute Gasteiger partial charge is 0.406 e. The second kappa shape index (κ2) is 5.23. The van der Waals surface area contributed by atoms with Gasteiger partial charge in [0.05, 0.1) is 6.10 Å². The minimum Gasteiger partial charge on any atom is -0.406 e. The number of aliphatic hydroxyl groups excluding tert-OH is 1. The van der Waals surface area contributed by atoms with Gasteiger partial charge in [-0.05, 0) is 32.6 Å². The summed E-state index contributed by atoms with van der Waals surface area (Å²) in [4.78, 5) is 2.05. The summed E-state index contributed by atoms with van der Waals surface area (Å²) < 4.78 is 5.49. The Morgan fingerprint density at radius 2 is 2.00 bits per heavy atom. The van der Waals surface area contributed by atoms with Crippen molar-refractivity contribution in [1.29, 1.82) is 0 Å². The van der Waals surface area contributed by atoms with Crippen molar-refractivity contribution < 1.29 is 9.52 Å². The van der Waals surface area contributed by atoms with Crippen LogP contribution in [0.1, 0.15) is 38.0 Å². The molecule has 0 bridgehead atoms. The number of aromatic nitrogens is 2. The van der Waals surface area contributed by atoms with Crippen molar-refractivity contribution in [3.8, 4) is 0 Å². The van der Waals surface area contributed by atoms with Crippen LogP contribution in [0.3, 0.4) is 0 Å². The van der Waals surface area contributed by atoms with Gasteiger partial charge >= 0.3 is 6.01 Å². The van der Waals surface area contributed by atoms with Crippen molar-refractivity contribution in [2.75, 3.05) is 18.0 Å². The number of piperidine rings is 1. The van der Waals surface area contributed by atoms with E-state index in [4.69, 9.17) is 16.0 Å². The average Bonchev–Trinajstić information content (AvgIpc) is 2.78. The van der Waals surface area contributed by atoms with Gasteiger partial charge in [-0.3, -0.25) is 0 Å². The number of alkyl halides is 1. The second-order valence-corrected chi connectivity index (χ2v) is 5.26. The fraction of sp³-hybridized carbons (Fsp3) is 0.818. The van der Waals surface area contributed by atoms with Crippen LogP contribution in [0.4, 0.5) is 6.01 Å². The van der Waals surface area contributed by atoms with Gasteiger partial charge in [-0.15, -0.1) is 16.7 Å². The maximum absolute atomic E-state index is 9.52. The Bertz CT molecular complexity index is 359. The van der Waals surface area contributed by atoms with E-state index in [-0.39, 0.29) is 11.5 Å². The highest BCUT2D eigenvalue weighted by molar-refractivity contribution is 6.20. The monoisotopic (exact) mass is 259 g/mol. The fourth-order valence-corrected chi connectivity index (χ4v) is 2.18. The van der Waals surface area contributed by atoms with Gasteiger partial charge in [0.25, 0.3) is 0 Å². The molecule has 2 atom stereocenters. The van der Waals surface area contributed by atoms with E-state index in [1.165, 1.54) is 0 Å². The molecule has 1 fully saturated rings. The predicted molar refractivity (Wildman–Crippen MR) is 65.2 cm³/mol. The van der Waals surface area contributed by atoms with Crippen molar-refractivity contribution in [2.24, 2.45) is 5.92 Å². The Balaban J connectivity index is 1.96. The molecule has 1 aliphatic rings.